The topological polar surface area (TPSA) is 44.4 Å². The lowest BCUT2D eigenvalue weighted by molar-refractivity contribution is -0.132. The zero-order chi connectivity index (χ0) is 13.2. The second kappa shape index (κ2) is 5.57. The highest BCUT2D eigenvalue weighted by molar-refractivity contribution is 5.82. The van der Waals surface area contributed by atoms with E-state index in [-0.39, 0.29) is 11.3 Å². The van der Waals surface area contributed by atoms with E-state index in [1.165, 1.54) is 0 Å². The Morgan fingerprint density at radius 2 is 2.28 bits per heavy atom. The summed E-state index contributed by atoms with van der Waals surface area (Å²) < 4.78 is 0. The number of nitrogens with zero attached hydrogens (tertiary/aromatic N) is 1. The number of piperidine rings is 2. The van der Waals surface area contributed by atoms with Crippen LogP contribution in [0.2, 0.25) is 0 Å². The van der Waals surface area contributed by atoms with Gasteiger partial charge in [-0.15, -0.1) is 0 Å². The van der Waals surface area contributed by atoms with E-state index in [0.29, 0.717) is 12.1 Å². The molecule has 2 rings (SSSR count). The van der Waals surface area contributed by atoms with Crippen molar-refractivity contribution in [1.82, 2.24) is 15.5 Å². The predicted molar refractivity (Wildman–Crippen MR) is 73.5 cm³/mol. The minimum Gasteiger partial charge on any atom is -0.353 e. The first kappa shape index (κ1) is 13.8. The summed E-state index contributed by atoms with van der Waals surface area (Å²) >= 11 is 0. The number of amides is 1. The van der Waals surface area contributed by atoms with E-state index >= 15 is 0 Å². The smallest absolute Gasteiger partial charge is 0.227 e. The quantitative estimate of drug-likeness (QED) is 0.771. The Morgan fingerprint density at radius 1 is 1.50 bits per heavy atom. The molecule has 0 saturated carbocycles. The largest absolute Gasteiger partial charge is 0.353 e. The van der Waals surface area contributed by atoms with Gasteiger partial charge in [-0.05, 0) is 53.1 Å². The summed E-state index contributed by atoms with van der Waals surface area (Å²) in [5.74, 6) is 0.247. The molecule has 0 aliphatic carbocycles. The highest BCUT2D eigenvalue weighted by Crippen LogP contribution is 2.26. The molecule has 2 aliphatic rings. The summed E-state index contributed by atoms with van der Waals surface area (Å²) in [6.45, 7) is 7.28. The van der Waals surface area contributed by atoms with Crippen molar-refractivity contribution in [3.05, 3.63) is 0 Å². The van der Waals surface area contributed by atoms with Gasteiger partial charge in [-0.2, -0.15) is 0 Å². The normalized spacial score (nSPS) is 38.4. The first-order chi connectivity index (χ1) is 8.51. The molecule has 0 aromatic carbocycles. The molecule has 0 aromatic heterocycles. The van der Waals surface area contributed by atoms with Crippen molar-refractivity contribution in [2.24, 2.45) is 5.41 Å². The SMILES string of the molecule is CC1CC(NC(=O)C2(C)CCCNC2)CCN1C. The second-order valence-electron chi connectivity index (χ2n) is 6.37. The van der Waals surface area contributed by atoms with Crippen molar-refractivity contribution in [2.75, 3.05) is 26.7 Å². The van der Waals surface area contributed by atoms with E-state index in [2.05, 4.69) is 36.4 Å². The zero-order valence-corrected chi connectivity index (χ0v) is 12.0. The lowest BCUT2D eigenvalue weighted by atomic mass is 9.81. The highest BCUT2D eigenvalue weighted by Gasteiger charge is 2.36. The maximum Gasteiger partial charge on any atom is 0.227 e. The van der Waals surface area contributed by atoms with Crippen LogP contribution in [0.5, 0.6) is 0 Å². The third-order valence-electron chi connectivity index (χ3n) is 4.69. The summed E-state index contributed by atoms with van der Waals surface area (Å²) in [7, 11) is 2.16. The Kier molecular flexibility index (Phi) is 4.28. The third kappa shape index (κ3) is 3.04. The van der Waals surface area contributed by atoms with Crippen LogP contribution in [0.4, 0.5) is 0 Å². The van der Waals surface area contributed by atoms with Crippen molar-refractivity contribution >= 4 is 5.91 Å². The summed E-state index contributed by atoms with van der Waals surface area (Å²) in [5, 5.41) is 6.61. The molecule has 3 unspecified atom stereocenters. The molecule has 2 aliphatic heterocycles. The molecule has 0 radical (unpaired) electrons. The molecule has 0 bridgehead atoms. The predicted octanol–water partition coefficient (Wildman–Crippen LogP) is 0.975. The molecular weight excluding hydrogens is 226 g/mol. The monoisotopic (exact) mass is 253 g/mol. The van der Waals surface area contributed by atoms with Crippen molar-refractivity contribution < 1.29 is 4.79 Å². The van der Waals surface area contributed by atoms with Gasteiger partial charge in [-0.3, -0.25) is 4.79 Å². The first-order valence-corrected chi connectivity index (χ1v) is 7.23. The molecular formula is C14H27N3O. The summed E-state index contributed by atoms with van der Waals surface area (Å²) in [5.41, 5.74) is -0.204. The lowest BCUT2D eigenvalue weighted by Crippen LogP contribution is -2.54. The van der Waals surface area contributed by atoms with E-state index < -0.39 is 0 Å². The van der Waals surface area contributed by atoms with Gasteiger partial charge in [-0.1, -0.05) is 0 Å². The van der Waals surface area contributed by atoms with E-state index in [4.69, 9.17) is 0 Å². The highest BCUT2D eigenvalue weighted by atomic mass is 16.2. The molecule has 0 aromatic rings. The number of carbonyl (C=O) groups excluding carboxylic acids is 1. The van der Waals surface area contributed by atoms with Gasteiger partial charge in [0.25, 0.3) is 0 Å². The van der Waals surface area contributed by atoms with E-state index in [0.717, 1.165) is 45.3 Å². The van der Waals surface area contributed by atoms with Crippen LogP contribution in [0.25, 0.3) is 0 Å². The average Bonchev–Trinajstić information content (AvgIpc) is 2.35. The Morgan fingerprint density at radius 3 is 2.89 bits per heavy atom. The molecule has 1 amide bonds. The number of rotatable bonds is 2. The molecule has 2 N–H and O–H groups in total. The van der Waals surface area contributed by atoms with Crippen LogP contribution in [0, 0.1) is 5.41 Å². The number of hydrogen-bond acceptors (Lipinski definition) is 3. The van der Waals surface area contributed by atoms with Crippen LogP contribution < -0.4 is 10.6 Å². The number of likely N-dealkylation sites (tertiary alicyclic amines) is 1. The molecule has 4 heteroatoms. The molecule has 18 heavy (non-hydrogen) atoms. The van der Waals surface area contributed by atoms with Gasteiger partial charge in [-0.25, -0.2) is 0 Å². The van der Waals surface area contributed by atoms with Crippen LogP contribution >= 0.6 is 0 Å². The van der Waals surface area contributed by atoms with Gasteiger partial charge in [0.05, 0.1) is 5.41 Å². The lowest BCUT2D eigenvalue weighted by Gasteiger charge is -2.38. The van der Waals surface area contributed by atoms with Crippen LogP contribution in [-0.4, -0.2) is 49.6 Å². The van der Waals surface area contributed by atoms with Crippen molar-refractivity contribution in [1.29, 1.82) is 0 Å². The molecule has 104 valence electrons. The van der Waals surface area contributed by atoms with Gasteiger partial charge in [0, 0.05) is 25.2 Å². The maximum atomic E-state index is 12.4. The number of nitrogens with one attached hydrogen (secondary N) is 2. The van der Waals surface area contributed by atoms with Crippen LogP contribution in [0.15, 0.2) is 0 Å². The second-order valence-corrected chi connectivity index (χ2v) is 6.37. The Labute approximate surface area is 110 Å². The summed E-state index contributed by atoms with van der Waals surface area (Å²) in [6, 6.07) is 0.934. The molecule has 2 heterocycles. The standard InChI is InChI=1S/C14H27N3O/c1-11-9-12(5-8-17(11)3)16-13(18)14(2)6-4-7-15-10-14/h11-12,15H,4-10H2,1-3H3,(H,16,18). The Balaban J connectivity index is 1.87. The van der Waals surface area contributed by atoms with Crippen LogP contribution in [-0.2, 0) is 4.79 Å². The molecule has 2 fully saturated rings. The van der Waals surface area contributed by atoms with Gasteiger partial charge in [0.1, 0.15) is 0 Å². The zero-order valence-electron chi connectivity index (χ0n) is 12.0. The molecule has 0 spiro atoms. The Hall–Kier alpha value is -0.610. The molecule has 2 saturated heterocycles. The molecule has 3 atom stereocenters. The first-order valence-electron chi connectivity index (χ1n) is 7.23. The summed E-state index contributed by atoms with van der Waals surface area (Å²) in [4.78, 5) is 14.8. The molecule has 4 nitrogen and oxygen atoms in total. The minimum atomic E-state index is -0.204. The summed E-state index contributed by atoms with van der Waals surface area (Å²) in [6.07, 6.45) is 4.27. The maximum absolute atomic E-state index is 12.4. The van der Waals surface area contributed by atoms with E-state index in [9.17, 15) is 4.79 Å². The van der Waals surface area contributed by atoms with Gasteiger partial charge in [0.15, 0.2) is 0 Å². The average molecular weight is 253 g/mol. The van der Waals surface area contributed by atoms with Gasteiger partial charge < -0.3 is 15.5 Å². The minimum absolute atomic E-state index is 0.204. The number of carbonyl (C=O) groups is 1. The Bertz CT molecular complexity index is 299. The third-order valence-corrected chi connectivity index (χ3v) is 4.69. The van der Waals surface area contributed by atoms with Gasteiger partial charge >= 0.3 is 0 Å². The van der Waals surface area contributed by atoms with Crippen LogP contribution in [0.3, 0.4) is 0 Å². The number of hydrogen-bond donors (Lipinski definition) is 2. The van der Waals surface area contributed by atoms with Crippen molar-refractivity contribution in [3.8, 4) is 0 Å². The fourth-order valence-electron chi connectivity index (χ4n) is 3.03. The van der Waals surface area contributed by atoms with E-state index in [1.807, 2.05) is 0 Å². The van der Waals surface area contributed by atoms with Crippen molar-refractivity contribution in [3.63, 3.8) is 0 Å². The fraction of sp³-hybridized carbons (Fsp3) is 0.929. The fourth-order valence-corrected chi connectivity index (χ4v) is 3.03. The van der Waals surface area contributed by atoms with Gasteiger partial charge in [0.2, 0.25) is 5.91 Å². The van der Waals surface area contributed by atoms with Crippen LogP contribution in [0.1, 0.15) is 39.5 Å². The van der Waals surface area contributed by atoms with E-state index in [1.54, 1.807) is 0 Å². The van der Waals surface area contributed by atoms with Crippen molar-refractivity contribution in [2.45, 2.75) is 51.6 Å².